The lowest BCUT2D eigenvalue weighted by Crippen LogP contribution is -2.65. The molecule has 1 rings (SSSR count). The first kappa shape index (κ1) is 37.7. The Bertz CT molecular complexity index is 821. The second kappa shape index (κ2) is 13.6. The Kier molecular flexibility index (Phi) is 13.1. The zero-order valence-electron chi connectivity index (χ0n) is 28.3. The fourth-order valence-corrected chi connectivity index (χ4v) is 8.47. The number of rotatable bonds is 11. The van der Waals surface area contributed by atoms with E-state index in [0.29, 0.717) is 0 Å². The van der Waals surface area contributed by atoms with Gasteiger partial charge in [0.1, 0.15) is 6.10 Å². The van der Waals surface area contributed by atoms with E-state index in [0.717, 1.165) is 12.8 Å². The molecular weight excluding hydrogens is 647 g/mol. The lowest BCUT2D eigenvalue weighted by Gasteiger charge is -2.54. The lowest BCUT2D eigenvalue weighted by atomic mass is 9.84. The summed E-state index contributed by atoms with van der Waals surface area (Å²) in [4.78, 5) is 0. The summed E-state index contributed by atoms with van der Waals surface area (Å²) in [5.41, 5.74) is 0. The molecule has 0 radical (unpaired) electrons. The predicted molar refractivity (Wildman–Crippen MR) is 187 cm³/mol. The minimum atomic E-state index is -2.17. The Morgan fingerprint density at radius 2 is 1.23 bits per heavy atom. The van der Waals surface area contributed by atoms with Crippen molar-refractivity contribution in [2.75, 3.05) is 0 Å². The molecule has 0 aliphatic carbocycles. The molecule has 1 fully saturated rings. The molecule has 4 nitrogen and oxygen atoms in total. The second-order valence-corrected chi connectivity index (χ2v) is 31.2. The number of halogens is 1. The van der Waals surface area contributed by atoms with E-state index in [1.807, 2.05) is 6.08 Å². The van der Waals surface area contributed by atoms with Gasteiger partial charge in [0.25, 0.3) is 0 Å². The van der Waals surface area contributed by atoms with Gasteiger partial charge in [0.15, 0.2) is 25.0 Å². The van der Waals surface area contributed by atoms with Gasteiger partial charge in [-0.05, 0) is 77.4 Å². The van der Waals surface area contributed by atoms with Crippen LogP contribution in [0.2, 0.25) is 54.4 Å². The van der Waals surface area contributed by atoms with Gasteiger partial charge in [-0.2, -0.15) is 0 Å². The molecule has 230 valence electrons. The maximum atomic E-state index is 7.37. The summed E-state index contributed by atoms with van der Waals surface area (Å²) >= 11 is 2.32. The Morgan fingerprint density at radius 3 is 1.62 bits per heavy atom. The van der Waals surface area contributed by atoms with Gasteiger partial charge in [-0.25, -0.2) is 0 Å². The molecule has 1 aliphatic heterocycles. The fourth-order valence-electron chi connectivity index (χ4n) is 4.13. The molecule has 0 aromatic rings. The molecule has 39 heavy (non-hydrogen) atoms. The first-order valence-electron chi connectivity index (χ1n) is 14.9. The highest BCUT2D eigenvalue weighted by atomic mass is 127. The van der Waals surface area contributed by atoms with E-state index in [1.54, 1.807) is 0 Å². The minimum absolute atomic E-state index is 0.0511. The first-order chi connectivity index (χ1) is 17.3. The zero-order valence-corrected chi connectivity index (χ0v) is 33.5. The van der Waals surface area contributed by atoms with Crippen molar-refractivity contribution < 1.29 is 18.0 Å². The highest BCUT2D eigenvalue weighted by molar-refractivity contribution is 14.1. The number of hydrogen-bond donors (Lipinski definition) is 0. The molecule has 1 saturated heterocycles. The molecule has 0 aromatic heterocycles. The van der Waals surface area contributed by atoms with Crippen LogP contribution in [0.25, 0.3) is 0 Å². The summed E-state index contributed by atoms with van der Waals surface area (Å²) in [5, 5.41) is 0.246. The smallest absolute Gasteiger partial charge is 0.193 e. The summed E-state index contributed by atoms with van der Waals surface area (Å²) in [5.74, 6) is 0.196. The largest absolute Gasteiger partial charge is 0.411 e. The van der Waals surface area contributed by atoms with Crippen LogP contribution < -0.4 is 0 Å². The van der Waals surface area contributed by atoms with Crippen molar-refractivity contribution in [3.05, 3.63) is 22.8 Å². The van der Waals surface area contributed by atoms with Crippen molar-refractivity contribution in [3.8, 4) is 0 Å². The van der Waals surface area contributed by atoms with E-state index in [9.17, 15) is 0 Å². The maximum Gasteiger partial charge on any atom is 0.193 e. The van der Waals surface area contributed by atoms with E-state index < -0.39 is 25.0 Å². The topological polar surface area (TPSA) is 36.9 Å². The van der Waals surface area contributed by atoms with Gasteiger partial charge < -0.3 is 18.0 Å². The molecular formula is C31H63IO4Si3. The van der Waals surface area contributed by atoms with Gasteiger partial charge in [-0.1, -0.05) is 97.9 Å². The van der Waals surface area contributed by atoms with Crippen LogP contribution in [-0.4, -0.2) is 55.5 Å². The van der Waals surface area contributed by atoms with Crippen LogP contribution in [0, 0.1) is 5.92 Å². The first-order valence-corrected chi connectivity index (χ1v) is 24.9. The van der Waals surface area contributed by atoms with Gasteiger partial charge in [0, 0.05) is 5.92 Å². The molecule has 0 bridgehead atoms. The van der Waals surface area contributed by atoms with E-state index in [-0.39, 0.29) is 51.6 Å². The van der Waals surface area contributed by atoms with Gasteiger partial charge in [0.2, 0.25) is 0 Å². The summed E-state index contributed by atoms with van der Waals surface area (Å²) in [6.45, 7) is 41.2. The molecule has 0 saturated carbocycles. The van der Waals surface area contributed by atoms with Gasteiger partial charge in [0.05, 0.1) is 24.4 Å². The summed E-state index contributed by atoms with van der Waals surface area (Å²) in [7, 11) is -6.38. The molecule has 1 aliphatic rings. The monoisotopic (exact) mass is 710 g/mol. The van der Waals surface area contributed by atoms with Crippen LogP contribution in [0.15, 0.2) is 22.8 Å². The second-order valence-electron chi connectivity index (χ2n) is 16.2. The summed E-state index contributed by atoms with van der Waals surface area (Å²) < 4.78 is 31.0. The highest BCUT2D eigenvalue weighted by Crippen LogP contribution is 2.46. The van der Waals surface area contributed by atoms with E-state index in [1.165, 1.54) is 0 Å². The standard InChI is InChI=1S/C31H63IO4Si3/c1-18-19-20-24-23(2)26(35-38(14,15)30(6,7)8)28(36-39(16,17)31(9,10)11)27(33-24)25(21-22-32)34-37(12,13)29(3,4)5/h18,21-28H,1,19-20H2,2-17H3/b22-21+/t23-,24-,25-,26-,27-,28-/m0/s1. The van der Waals surface area contributed by atoms with Crippen LogP contribution in [0.5, 0.6) is 0 Å². The predicted octanol–water partition coefficient (Wildman–Crippen LogP) is 10.5. The van der Waals surface area contributed by atoms with Gasteiger partial charge >= 0.3 is 0 Å². The molecule has 6 atom stereocenters. The van der Waals surface area contributed by atoms with Gasteiger partial charge in [-0.15, -0.1) is 6.58 Å². The molecule has 0 unspecified atom stereocenters. The Labute approximate surface area is 260 Å². The molecule has 0 amide bonds. The number of hydrogen-bond acceptors (Lipinski definition) is 4. The van der Waals surface area contributed by atoms with E-state index in [4.69, 9.17) is 18.0 Å². The van der Waals surface area contributed by atoms with Crippen LogP contribution >= 0.6 is 22.6 Å². The Balaban J connectivity index is 3.82. The van der Waals surface area contributed by atoms with Crippen LogP contribution in [0.4, 0.5) is 0 Å². The van der Waals surface area contributed by atoms with Crippen LogP contribution in [0.1, 0.15) is 82.1 Å². The zero-order chi connectivity index (χ0) is 30.8. The van der Waals surface area contributed by atoms with Crippen molar-refractivity contribution in [1.82, 2.24) is 0 Å². The average Bonchev–Trinajstić information content (AvgIpc) is 2.72. The molecule has 0 spiro atoms. The normalized spacial score (nSPS) is 27.2. The summed E-state index contributed by atoms with van der Waals surface area (Å²) in [6.07, 6.45) is 5.35. The Morgan fingerprint density at radius 1 is 0.795 bits per heavy atom. The molecule has 8 heteroatoms. The number of ether oxygens (including phenoxy) is 1. The summed E-state index contributed by atoms with van der Waals surface area (Å²) in [6, 6.07) is 0. The fraction of sp³-hybridized carbons (Fsp3) is 0.871. The average molecular weight is 711 g/mol. The third-order valence-electron chi connectivity index (χ3n) is 10.0. The SMILES string of the molecule is C=CCC[C@@H]1O[C@@H]([C@H](/C=C/I)O[Si](C)(C)C(C)(C)C)[C@@H](O[Si](C)(C)C(C)(C)C)[C@@H](O[Si](C)(C)C(C)(C)C)[C@H]1C. The highest BCUT2D eigenvalue weighted by Gasteiger charge is 2.54. The van der Waals surface area contributed by atoms with E-state index >= 15 is 0 Å². The lowest BCUT2D eigenvalue weighted by molar-refractivity contribution is -0.206. The molecule has 1 heterocycles. The number of allylic oxidation sites excluding steroid dienone is 1. The van der Waals surface area contributed by atoms with Crippen molar-refractivity contribution in [2.45, 2.75) is 167 Å². The van der Waals surface area contributed by atoms with Gasteiger partial charge in [-0.3, -0.25) is 0 Å². The third kappa shape index (κ3) is 9.60. The van der Waals surface area contributed by atoms with E-state index in [2.05, 4.69) is 148 Å². The Hall–Kier alpha value is 0.701. The van der Waals surface area contributed by atoms with Crippen molar-refractivity contribution in [3.63, 3.8) is 0 Å². The van der Waals surface area contributed by atoms with Crippen LogP contribution in [0.3, 0.4) is 0 Å². The molecule has 0 N–H and O–H groups in total. The maximum absolute atomic E-state index is 7.37. The van der Waals surface area contributed by atoms with Crippen molar-refractivity contribution in [1.29, 1.82) is 0 Å². The molecule has 0 aromatic carbocycles. The third-order valence-corrected chi connectivity index (χ3v) is 23.9. The van der Waals surface area contributed by atoms with Crippen LogP contribution in [-0.2, 0) is 18.0 Å². The minimum Gasteiger partial charge on any atom is -0.411 e. The van der Waals surface area contributed by atoms with Crippen molar-refractivity contribution in [2.24, 2.45) is 5.92 Å². The van der Waals surface area contributed by atoms with Crippen molar-refractivity contribution >= 4 is 47.5 Å². The quantitative estimate of drug-likeness (QED) is 0.122.